The highest BCUT2D eigenvalue weighted by atomic mass is 16.5. The zero-order valence-electron chi connectivity index (χ0n) is 19.7. The lowest BCUT2D eigenvalue weighted by Gasteiger charge is -2.36. The van der Waals surface area contributed by atoms with Gasteiger partial charge in [0.2, 0.25) is 5.91 Å². The molecule has 0 unspecified atom stereocenters. The Morgan fingerprint density at radius 2 is 1.82 bits per heavy atom. The van der Waals surface area contributed by atoms with E-state index in [0.717, 1.165) is 69.7 Å². The Morgan fingerprint density at radius 3 is 2.62 bits per heavy atom. The predicted molar refractivity (Wildman–Crippen MR) is 132 cm³/mol. The summed E-state index contributed by atoms with van der Waals surface area (Å²) in [5.74, 6) is 2.47. The number of amides is 1. The third-order valence-corrected chi connectivity index (χ3v) is 7.48. The van der Waals surface area contributed by atoms with E-state index in [1.807, 2.05) is 24.3 Å². The molecule has 5 rings (SSSR count). The van der Waals surface area contributed by atoms with Gasteiger partial charge in [-0.1, -0.05) is 41.6 Å². The number of nitrogens with zero attached hydrogens (tertiary/aromatic N) is 3. The number of hydrogen-bond acceptors (Lipinski definition) is 5. The highest BCUT2D eigenvalue weighted by Crippen LogP contribution is 2.29. The number of rotatable bonds is 7. The lowest BCUT2D eigenvalue weighted by molar-refractivity contribution is -0.134. The molecule has 178 valence electrons. The second-order valence-corrected chi connectivity index (χ2v) is 9.83. The minimum Gasteiger partial charge on any atom is -0.354 e. The van der Waals surface area contributed by atoms with Gasteiger partial charge in [0.25, 0.3) is 0 Å². The minimum atomic E-state index is 0.324. The van der Waals surface area contributed by atoms with Crippen LogP contribution < -0.4 is 5.32 Å². The first-order valence-corrected chi connectivity index (χ1v) is 12.6. The number of nitrogens with one attached hydrogen (secondary N) is 1. The summed E-state index contributed by atoms with van der Waals surface area (Å²) in [7, 11) is 0. The van der Waals surface area contributed by atoms with E-state index in [9.17, 15) is 4.79 Å². The van der Waals surface area contributed by atoms with E-state index in [1.54, 1.807) is 6.20 Å². The molecule has 0 saturated carbocycles. The van der Waals surface area contributed by atoms with E-state index in [-0.39, 0.29) is 0 Å². The van der Waals surface area contributed by atoms with Crippen LogP contribution >= 0.6 is 0 Å². The number of piperidine rings is 2. The number of hydrogen-bond donors (Lipinski definition) is 1. The lowest BCUT2D eigenvalue weighted by Crippen LogP contribution is -2.43. The molecule has 2 aromatic heterocycles. The molecule has 0 radical (unpaired) electrons. The maximum absolute atomic E-state index is 13.2. The fourth-order valence-corrected chi connectivity index (χ4v) is 5.48. The normalized spacial score (nSPS) is 21.5. The zero-order chi connectivity index (χ0) is 23.2. The molecule has 1 amide bonds. The van der Waals surface area contributed by atoms with Crippen LogP contribution in [-0.2, 0) is 17.6 Å². The summed E-state index contributed by atoms with van der Waals surface area (Å²) < 4.78 is 5.55. The van der Waals surface area contributed by atoms with Crippen molar-refractivity contribution >= 4 is 5.91 Å². The fraction of sp³-hybridized carbons (Fsp3) is 0.464. The molecule has 3 aromatic rings. The average molecular weight is 459 g/mol. The number of benzene rings is 1. The topological polar surface area (TPSA) is 71.3 Å². The molecule has 1 N–H and O–H groups in total. The third kappa shape index (κ3) is 5.73. The zero-order valence-corrected chi connectivity index (χ0v) is 19.7. The second-order valence-electron chi connectivity index (χ2n) is 9.83. The van der Waals surface area contributed by atoms with Crippen LogP contribution in [0, 0.1) is 17.8 Å². The number of carbonyl (C=O) groups excluding carboxylic acids is 1. The van der Waals surface area contributed by atoms with Crippen molar-refractivity contribution in [2.24, 2.45) is 17.8 Å². The molecular formula is C28H34N4O2. The Kier molecular flexibility index (Phi) is 7.34. The van der Waals surface area contributed by atoms with Gasteiger partial charge < -0.3 is 14.7 Å². The second kappa shape index (κ2) is 11.0. The van der Waals surface area contributed by atoms with Crippen molar-refractivity contribution in [3.63, 3.8) is 0 Å². The van der Waals surface area contributed by atoms with Crippen LogP contribution in [0.3, 0.4) is 0 Å². The van der Waals surface area contributed by atoms with Crippen LogP contribution in [0.4, 0.5) is 0 Å². The molecule has 2 atom stereocenters. The molecule has 0 aliphatic carbocycles. The molecule has 2 aliphatic heterocycles. The molecule has 4 heterocycles. The molecule has 2 fully saturated rings. The van der Waals surface area contributed by atoms with Crippen LogP contribution in [0.15, 0.2) is 65.3 Å². The summed E-state index contributed by atoms with van der Waals surface area (Å²) in [4.78, 5) is 19.6. The summed E-state index contributed by atoms with van der Waals surface area (Å²) in [5, 5.41) is 7.80. The molecule has 2 aliphatic rings. The predicted octanol–water partition coefficient (Wildman–Crippen LogP) is 4.38. The van der Waals surface area contributed by atoms with Crippen molar-refractivity contribution in [2.75, 3.05) is 26.2 Å². The quantitative estimate of drug-likeness (QED) is 0.569. The number of aromatic nitrogens is 2. The van der Waals surface area contributed by atoms with Gasteiger partial charge in [-0.15, -0.1) is 0 Å². The van der Waals surface area contributed by atoms with Crippen LogP contribution in [-0.4, -0.2) is 47.1 Å². The van der Waals surface area contributed by atoms with E-state index in [4.69, 9.17) is 4.52 Å². The monoisotopic (exact) mass is 458 g/mol. The summed E-state index contributed by atoms with van der Waals surface area (Å²) in [6.45, 7) is 3.68. The van der Waals surface area contributed by atoms with E-state index in [0.29, 0.717) is 35.8 Å². The molecule has 6 heteroatoms. The van der Waals surface area contributed by atoms with Gasteiger partial charge >= 0.3 is 0 Å². The first kappa shape index (κ1) is 22.8. The van der Waals surface area contributed by atoms with Crippen LogP contribution in [0.25, 0.3) is 11.5 Å². The Bertz CT molecular complexity index is 1040. The average Bonchev–Trinajstić information content (AvgIpc) is 3.35. The van der Waals surface area contributed by atoms with Gasteiger partial charge in [0.15, 0.2) is 5.76 Å². The SMILES string of the molecule is O=C(C[C@H]1CCNC[C@@H]1Cc1cc(-c2ccccn2)on1)N1CCC(Cc2ccccc2)CC1. The lowest BCUT2D eigenvalue weighted by atomic mass is 9.80. The summed E-state index contributed by atoms with van der Waals surface area (Å²) in [6, 6.07) is 18.5. The van der Waals surface area contributed by atoms with Crippen LogP contribution in [0.1, 0.15) is 36.9 Å². The molecule has 34 heavy (non-hydrogen) atoms. The van der Waals surface area contributed by atoms with Crippen LogP contribution in [0.5, 0.6) is 0 Å². The molecule has 6 nitrogen and oxygen atoms in total. The Balaban J connectivity index is 1.14. The van der Waals surface area contributed by atoms with Crippen molar-refractivity contribution in [3.8, 4) is 11.5 Å². The van der Waals surface area contributed by atoms with Gasteiger partial charge in [0, 0.05) is 31.8 Å². The molecule has 0 bridgehead atoms. The van der Waals surface area contributed by atoms with Crippen molar-refractivity contribution in [1.82, 2.24) is 20.4 Å². The van der Waals surface area contributed by atoms with Gasteiger partial charge in [-0.2, -0.15) is 0 Å². The van der Waals surface area contributed by atoms with Crippen molar-refractivity contribution < 1.29 is 9.32 Å². The van der Waals surface area contributed by atoms with E-state index < -0.39 is 0 Å². The van der Waals surface area contributed by atoms with Gasteiger partial charge in [-0.05, 0) is 80.6 Å². The first-order chi connectivity index (χ1) is 16.7. The number of likely N-dealkylation sites (tertiary alicyclic amines) is 1. The largest absolute Gasteiger partial charge is 0.354 e. The van der Waals surface area contributed by atoms with Crippen molar-refractivity contribution in [2.45, 2.75) is 38.5 Å². The molecule has 0 spiro atoms. The van der Waals surface area contributed by atoms with E-state index in [2.05, 4.69) is 50.7 Å². The maximum atomic E-state index is 13.2. The molecule has 1 aromatic carbocycles. The molecule has 2 saturated heterocycles. The highest BCUT2D eigenvalue weighted by molar-refractivity contribution is 5.76. The van der Waals surface area contributed by atoms with E-state index >= 15 is 0 Å². The fourth-order valence-electron chi connectivity index (χ4n) is 5.48. The van der Waals surface area contributed by atoms with Gasteiger partial charge in [-0.3, -0.25) is 9.78 Å². The summed E-state index contributed by atoms with van der Waals surface area (Å²) >= 11 is 0. The van der Waals surface area contributed by atoms with Gasteiger partial charge in [0.1, 0.15) is 5.69 Å². The van der Waals surface area contributed by atoms with Crippen LogP contribution in [0.2, 0.25) is 0 Å². The number of carbonyl (C=O) groups is 1. The van der Waals surface area contributed by atoms with Crippen molar-refractivity contribution in [3.05, 3.63) is 72.1 Å². The van der Waals surface area contributed by atoms with Gasteiger partial charge in [0.05, 0.1) is 5.69 Å². The number of pyridine rings is 1. The van der Waals surface area contributed by atoms with Crippen molar-refractivity contribution in [1.29, 1.82) is 0 Å². The Labute approximate surface area is 201 Å². The van der Waals surface area contributed by atoms with E-state index in [1.165, 1.54) is 5.56 Å². The third-order valence-electron chi connectivity index (χ3n) is 7.48. The van der Waals surface area contributed by atoms with Gasteiger partial charge in [-0.25, -0.2) is 0 Å². The minimum absolute atomic E-state index is 0.324. The Hall–Kier alpha value is -2.99. The summed E-state index contributed by atoms with van der Waals surface area (Å²) in [5.41, 5.74) is 3.14. The first-order valence-electron chi connectivity index (χ1n) is 12.6. The summed E-state index contributed by atoms with van der Waals surface area (Å²) in [6.07, 6.45) is 7.58. The highest BCUT2D eigenvalue weighted by Gasteiger charge is 2.31. The maximum Gasteiger partial charge on any atom is 0.222 e. The standard InChI is InChI=1S/C28H34N4O2/c33-28(32-14-10-22(11-15-32)16-21-6-2-1-3-7-21)18-23-9-13-29-20-24(23)17-25-19-27(34-31-25)26-8-4-5-12-30-26/h1-8,12,19,22-24,29H,9-11,13-18,20H2/t23-,24+/m1/s1. The molecular weight excluding hydrogens is 424 g/mol. The smallest absolute Gasteiger partial charge is 0.222 e. The Morgan fingerprint density at radius 1 is 1.00 bits per heavy atom.